The van der Waals surface area contributed by atoms with Gasteiger partial charge in [-0.25, -0.2) is 9.97 Å². The SMILES string of the molecule is COc1cccc(OC)c1-c1csc(Cc2nc[nH]c2C)n1. The van der Waals surface area contributed by atoms with Crippen molar-refractivity contribution in [3.05, 3.63) is 46.3 Å². The van der Waals surface area contributed by atoms with Crippen LogP contribution in [0.2, 0.25) is 0 Å². The zero-order valence-electron chi connectivity index (χ0n) is 12.7. The summed E-state index contributed by atoms with van der Waals surface area (Å²) in [6.45, 7) is 2.01. The molecule has 0 aliphatic rings. The van der Waals surface area contributed by atoms with Crippen LogP contribution in [0, 0.1) is 6.92 Å². The van der Waals surface area contributed by atoms with E-state index in [0.29, 0.717) is 0 Å². The summed E-state index contributed by atoms with van der Waals surface area (Å²) in [4.78, 5) is 12.1. The molecule has 3 rings (SSSR count). The van der Waals surface area contributed by atoms with Crippen LogP contribution in [0.3, 0.4) is 0 Å². The molecule has 0 radical (unpaired) electrons. The van der Waals surface area contributed by atoms with E-state index in [2.05, 4.69) is 9.97 Å². The Morgan fingerprint density at radius 1 is 1.18 bits per heavy atom. The summed E-state index contributed by atoms with van der Waals surface area (Å²) in [7, 11) is 3.30. The molecule has 0 bridgehead atoms. The van der Waals surface area contributed by atoms with Crippen molar-refractivity contribution in [3.63, 3.8) is 0 Å². The van der Waals surface area contributed by atoms with Gasteiger partial charge in [0, 0.05) is 17.5 Å². The minimum Gasteiger partial charge on any atom is -0.496 e. The number of imidazole rings is 1. The molecular formula is C16H17N3O2S. The summed E-state index contributed by atoms with van der Waals surface area (Å²) < 4.78 is 10.9. The number of ether oxygens (including phenoxy) is 2. The van der Waals surface area contributed by atoms with Crippen LogP contribution in [-0.4, -0.2) is 29.2 Å². The number of methoxy groups -OCH3 is 2. The largest absolute Gasteiger partial charge is 0.496 e. The zero-order chi connectivity index (χ0) is 15.5. The van der Waals surface area contributed by atoms with Gasteiger partial charge in [0.05, 0.1) is 42.5 Å². The van der Waals surface area contributed by atoms with Gasteiger partial charge in [0.15, 0.2) is 0 Å². The molecule has 0 amide bonds. The molecule has 6 heteroatoms. The highest BCUT2D eigenvalue weighted by Crippen LogP contribution is 2.38. The average molecular weight is 315 g/mol. The van der Waals surface area contributed by atoms with E-state index in [1.807, 2.05) is 30.5 Å². The van der Waals surface area contributed by atoms with Gasteiger partial charge in [0.1, 0.15) is 11.5 Å². The predicted molar refractivity (Wildman–Crippen MR) is 86.8 cm³/mol. The van der Waals surface area contributed by atoms with Crippen molar-refractivity contribution in [1.82, 2.24) is 15.0 Å². The number of H-pyrrole nitrogens is 1. The first-order valence-electron chi connectivity index (χ1n) is 6.87. The van der Waals surface area contributed by atoms with Gasteiger partial charge in [-0.15, -0.1) is 11.3 Å². The summed E-state index contributed by atoms with van der Waals surface area (Å²) >= 11 is 1.61. The summed E-state index contributed by atoms with van der Waals surface area (Å²) in [6, 6.07) is 5.73. The summed E-state index contributed by atoms with van der Waals surface area (Å²) in [5.74, 6) is 1.51. The van der Waals surface area contributed by atoms with Crippen molar-refractivity contribution >= 4 is 11.3 Å². The molecule has 2 aromatic heterocycles. The Balaban J connectivity index is 1.96. The minimum absolute atomic E-state index is 0.720. The number of aromatic nitrogens is 3. The monoisotopic (exact) mass is 315 g/mol. The first-order valence-corrected chi connectivity index (χ1v) is 7.75. The number of aryl methyl sites for hydroxylation is 1. The Hall–Kier alpha value is -2.34. The maximum Gasteiger partial charge on any atom is 0.132 e. The van der Waals surface area contributed by atoms with Crippen molar-refractivity contribution < 1.29 is 9.47 Å². The predicted octanol–water partition coefficient (Wildman–Crippen LogP) is 3.45. The number of benzene rings is 1. The van der Waals surface area contributed by atoms with Gasteiger partial charge >= 0.3 is 0 Å². The van der Waals surface area contributed by atoms with Gasteiger partial charge in [-0.3, -0.25) is 0 Å². The van der Waals surface area contributed by atoms with Crippen molar-refractivity contribution in [2.75, 3.05) is 14.2 Å². The van der Waals surface area contributed by atoms with Gasteiger partial charge in [0.25, 0.3) is 0 Å². The van der Waals surface area contributed by atoms with E-state index in [-0.39, 0.29) is 0 Å². The lowest BCUT2D eigenvalue weighted by atomic mass is 10.1. The van der Waals surface area contributed by atoms with Gasteiger partial charge in [0.2, 0.25) is 0 Å². The molecule has 0 fully saturated rings. The zero-order valence-corrected chi connectivity index (χ0v) is 13.5. The molecule has 22 heavy (non-hydrogen) atoms. The number of aromatic amines is 1. The number of hydrogen-bond acceptors (Lipinski definition) is 5. The summed E-state index contributed by atoms with van der Waals surface area (Å²) in [5.41, 5.74) is 3.84. The second kappa shape index (κ2) is 6.19. The number of nitrogens with one attached hydrogen (secondary N) is 1. The topological polar surface area (TPSA) is 60.0 Å². The van der Waals surface area contributed by atoms with Gasteiger partial charge in [-0.1, -0.05) is 6.07 Å². The van der Waals surface area contributed by atoms with E-state index in [1.165, 1.54) is 0 Å². The number of hydrogen-bond donors (Lipinski definition) is 1. The molecular weight excluding hydrogens is 298 g/mol. The van der Waals surface area contributed by atoms with Crippen LogP contribution in [0.1, 0.15) is 16.4 Å². The molecule has 2 heterocycles. The van der Waals surface area contributed by atoms with E-state index in [1.54, 1.807) is 31.9 Å². The lowest BCUT2D eigenvalue weighted by molar-refractivity contribution is 0.397. The van der Waals surface area contributed by atoms with Gasteiger partial charge < -0.3 is 14.5 Å². The van der Waals surface area contributed by atoms with E-state index >= 15 is 0 Å². The van der Waals surface area contributed by atoms with Crippen molar-refractivity contribution in [1.29, 1.82) is 0 Å². The third-order valence-corrected chi connectivity index (χ3v) is 4.34. The Bertz CT molecular complexity index is 757. The maximum absolute atomic E-state index is 5.44. The van der Waals surface area contributed by atoms with Crippen LogP contribution in [0.15, 0.2) is 29.9 Å². The molecule has 0 saturated heterocycles. The third-order valence-electron chi connectivity index (χ3n) is 3.49. The molecule has 0 aliphatic carbocycles. The smallest absolute Gasteiger partial charge is 0.132 e. The molecule has 1 N–H and O–H groups in total. The maximum atomic E-state index is 5.44. The summed E-state index contributed by atoms with van der Waals surface area (Å²) in [6.07, 6.45) is 2.43. The Labute approximate surface area is 133 Å². The minimum atomic E-state index is 0.720. The van der Waals surface area contributed by atoms with Crippen LogP contribution >= 0.6 is 11.3 Å². The van der Waals surface area contributed by atoms with Crippen LogP contribution in [0.4, 0.5) is 0 Å². The molecule has 3 aromatic rings. The quantitative estimate of drug-likeness (QED) is 0.783. The highest BCUT2D eigenvalue weighted by atomic mass is 32.1. The summed E-state index contributed by atoms with van der Waals surface area (Å²) in [5, 5.41) is 3.04. The highest BCUT2D eigenvalue weighted by molar-refractivity contribution is 7.10. The van der Waals surface area contributed by atoms with E-state index < -0.39 is 0 Å². The standard InChI is InChI=1S/C16H17N3O2S/c1-10-11(18-9-17-10)7-15-19-12(8-22-15)16-13(20-2)5-4-6-14(16)21-3/h4-6,8-9H,7H2,1-3H3,(H,17,18). The van der Waals surface area contributed by atoms with Crippen LogP contribution in [-0.2, 0) is 6.42 Å². The number of nitrogens with zero attached hydrogens (tertiary/aromatic N) is 2. The fraction of sp³-hybridized carbons (Fsp3) is 0.250. The Morgan fingerprint density at radius 2 is 1.91 bits per heavy atom. The van der Waals surface area contributed by atoms with E-state index in [0.717, 1.165) is 45.6 Å². The van der Waals surface area contributed by atoms with Gasteiger partial charge in [-0.2, -0.15) is 0 Å². The molecule has 5 nitrogen and oxygen atoms in total. The van der Waals surface area contributed by atoms with Crippen molar-refractivity contribution in [2.45, 2.75) is 13.3 Å². The second-order valence-corrected chi connectivity index (χ2v) is 5.76. The normalized spacial score (nSPS) is 10.7. The lowest BCUT2D eigenvalue weighted by Gasteiger charge is -2.10. The van der Waals surface area contributed by atoms with Crippen LogP contribution in [0.5, 0.6) is 11.5 Å². The Kier molecular flexibility index (Phi) is 4.11. The average Bonchev–Trinajstić information content (AvgIpc) is 3.16. The highest BCUT2D eigenvalue weighted by Gasteiger charge is 2.16. The Morgan fingerprint density at radius 3 is 2.50 bits per heavy atom. The fourth-order valence-corrected chi connectivity index (χ4v) is 3.11. The fourth-order valence-electron chi connectivity index (χ4n) is 2.32. The molecule has 114 valence electrons. The molecule has 0 aliphatic heterocycles. The molecule has 0 atom stereocenters. The first kappa shape index (κ1) is 14.6. The van der Waals surface area contributed by atoms with Gasteiger partial charge in [-0.05, 0) is 19.1 Å². The molecule has 0 saturated carbocycles. The van der Waals surface area contributed by atoms with Crippen molar-refractivity contribution in [2.24, 2.45) is 0 Å². The number of thiazole rings is 1. The van der Waals surface area contributed by atoms with Crippen LogP contribution < -0.4 is 9.47 Å². The first-order chi connectivity index (χ1) is 10.7. The van der Waals surface area contributed by atoms with Crippen LogP contribution in [0.25, 0.3) is 11.3 Å². The molecule has 1 aromatic carbocycles. The second-order valence-electron chi connectivity index (χ2n) is 4.82. The molecule has 0 unspecified atom stereocenters. The lowest BCUT2D eigenvalue weighted by Crippen LogP contribution is -1.94. The third kappa shape index (κ3) is 2.69. The van der Waals surface area contributed by atoms with Crippen molar-refractivity contribution in [3.8, 4) is 22.8 Å². The number of rotatable bonds is 5. The van der Waals surface area contributed by atoms with E-state index in [9.17, 15) is 0 Å². The van der Waals surface area contributed by atoms with E-state index in [4.69, 9.17) is 14.5 Å². The molecule has 0 spiro atoms.